The third-order valence-corrected chi connectivity index (χ3v) is 6.05. The number of rotatable bonds is 7. The first-order chi connectivity index (χ1) is 16.2. The van der Waals surface area contributed by atoms with E-state index in [2.05, 4.69) is 15.3 Å². The molecule has 0 saturated carbocycles. The van der Waals surface area contributed by atoms with Crippen LogP contribution in [0.5, 0.6) is 17.2 Å². The largest absolute Gasteiger partial charge is 0.497 e. The second-order valence-electron chi connectivity index (χ2n) is 8.08. The molecule has 1 aromatic heterocycles. The second-order valence-corrected chi connectivity index (χ2v) is 8.49. The summed E-state index contributed by atoms with van der Waals surface area (Å²) in [5, 5.41) is 13.1. The highest BCUT2D eigenvalue weighted by atomic mass is 35.5. The van der Waals surface area contributed by atoms with Crippen LogP contribution >= 0.6 is 11.6 Å². The average molecular weight is 495 g/mol. The normalized spacial score (nSPS) is 18.0. The molecule has 0 aliphatic carbocycles. The fraction of sp³-hybridized carbons (Fsp3) is 0.391. The van der Waals surface area contributed by atoms with Crippen LogP contribution in [0.3, 0.4) is 0 Å². The Morgan fingerprint density at radius 2 is 2.06 bits per heavy atom. The lowest BCUT2D eigenvalue weighted by molar-refractivity contribution is -0.134. The number of methoxy groups -OCH3 is 1. The Bertz CT molecular complexity index is 1200. The molecule has 1 saturated heterocycles. The minimum absolute atomic E-state index is 0.157. The number of nitrogens with zero attached hydrogens (tertiary/aromatic N) is 3. The fourth-order valence-electron chi connectivity index (χ4n) is 3.98. The number of likely N-dealkylation sites (tertiary alicyclic amines) is 1. The summed E-state index contributed by atoms with van der Waals surface area (Å²) >= 11 is 6.42. The Balaban J connectivity index is 1.80. The molecule has 11 heteroatoms. The standard InChI is InChI=1S/C23H25ClF2N4O4/c1-13-17(33-12-31)5-4-15(24)21(13)29-22-20-16(27-11-28-22)8-14(32-3)9-18(20)34-19-6-7-30(2)10-23(19,25)26/h4-5,8-9,11,19,31H,6-7,10,12H2,1-3H3,(H,27,28,29). The molecule has 1 fully saturated rings. The topological polar surface area (TPSA) is 89.0 Å². The first kappa shape index (κ1) is 24.2. The highest BCUT2D eigenvalue weighted by molar-refractivity contribution is 6.33. The summed E-state index contributed by atoms with van der Waals surface area (Å²) in [7, 11) is 3.13. The van der Waals surface area contributed by atoms with E-state index in [1.165, 1.54) is 13.4 Å². The molecule has 1 aliphatic heterocycles. The van der Waals surface area contributed by atoms with Gasteiger partial charge in [-0.2, -0.15) is 0 Å². The van der Waals surface area contributed by atoms with Crippen molar-refractivity contribution < 1.29 is 28.1 Å². The predicted octanol–water partition coefficient (Wildman–Crippen LogP) is 4.39. The molecule has 2 N–H and O–H groups in total. The van der Waals surface area contributed by atoms with E-state index in [9.17, 15) is 8.78 Å². The van der Waals surface area contributed by atoms with Crippen LogP contribution in [0.25, 0.3) is 10.9 Å². The molecule has 1 aliphatic rings. The van der Waals surface area contributed by atoms with E-state index in [4.69, 9.17) is 30.9 Å². The summed E-state index contributed by atoms with van der Waals surface area (Å²) in [6.07, 6.45) is 0.179. The molecular formula is C23H25ClF2N4O4. The fourth-order valence-corrected chi connectivity index (χ4v) is 4.23. The van der Waals surface area contributed by atoms with Crippen molar-refractivity contribution in [2.45, 2.75) is 25.4 Å². The van der Waals surface area contributed by atoms with E-state index < -0.39 is 25.4 Å². The molecule has 2 heterocycles. The van der Waals surface area contributed by atoms with Gasteiger partial charge in [-0.05, 0) is 26.1 Å². The zero-order valence-corrected chi connectivity index (χ0v) is 19.7. The van der Waals surface area contributed by atoms with Gasteiger partial charge in [0.2, 0.25) is 0 Å². The number of aromatic nitrogens is 2. The van der Waals surface area contributed by atoms with E-state index >= 15 is 0 Å². The number of piperidine rings is 1. The lowest BCUT2D eigenvalue weighted by atomic mass is 10.0. The summed E-state index contributed by atoms with van der Waals surface area (Å²) in [6, 6.07) is 6.47. The van der Waals surface area contributed by atoms with Crippen LogP contribution in [-0.2, 0) is 0 Å². The van der Waals surface area contributed by atoms with Crippen molar-refractivity contribution in [3.8, 4) is 17.2 Å². The summed E-state index contributed by atoms with van der Waals surface area (Å²) in [5.74, 6) is -1.72. The van der Waals surface area contributed by atoms with Crippen LogP contribution in [0, 0.1) is 6.92 Å². The highest BCUT2D eigenvalue weighted by Crippen LogP contribution is 2.41. The van der Waals surface area contributed by atoms with Gasteiger partial charge in [0.15, 0.2) is 12.9 Å². The summed E-state index contributed by atoms with van der Waals surface area (Å²) in [4.78, 5) is 10.2. The molecule has 3 aromatic rings. The van der Waals surface area contributed by atoms with Crippen molar-refractivity contribution in [3.63, 3.8) is 0 Å². The van der Waals surface area contributed by atoms with Crippen molar-refractivity contribution in [3.05, 3.63) is 41.2 Å². The van der Waals surface area contributed by atoms with Crippen molar-refractivity contribution in [1.82, 2.24) is 14.9 Å². The first-order valence-corrected chi connectivity index (χ1v) is 11.0. The maximum atomic E-state index is 14.8. The van der Waals surface area contributed by atoms with E-state index in [0.717, 1.165) is 0 Å². The molecule has 34 heavy (non-hydrogen) atoms. The maximum Gasteiger partial charge on any atom is 0.296 e. The van der Waals surface area contributed by atoms with Crippen LogP contribution in [0.2, 0.25) is 5.02 Å². The van der Waals surface area contributed by atoms with Crippen molar-refractivity contribution in [2.75, 3.05) is 39.4 Å². The number of ether oxygens (including phenoxy) is 3. The molecule has 0 spiro atoms. The van der Waals surface area contributed by atoms with Gasteiger partial charge in [0, 0.05) is 30.7 Å². The molecule has 4 rings (SSSR count). The molecule has 0 bridgehead atoms. The number of hydrogen-bond donors (Lipinski definition) is 2. The molecule has 0 radical (unpaired) electrons. The summed E-state index contributed by atoms with van der Waals surface area (Å²) in [6.45, 7) is 1.35. The van der Waals surface area contributed by atoms with Crippen LogP contribution < -0.4 is 19.5 Å². The third-order valence-electron chi connectivity index (χ3n) is 5.73. The number of hydrogen-bond acceptors (Lipinski definition) is 8. The number of nitrogens with one attached hydrogen (secondary N) is 1. The Morgan fingerprint density at radius 3 is 2.76 bits per heavy atom. The number of anilines is 2. The summed E-state index contributed by atoms with van der Waals surface area (Å²) < 4.78 is 46.0. The molecule has 0 amide bonds. The van der Waals surface area contributed by atoms with E-state index in [1.54, 1.807) is 43.1 Å². The van der Waals surface area contributed by atoms with Gasteiger partial charge >= 0.3 is 0 Å². The highest BCUT2D eigenvalue weighted by Gasteiger charge is 2.45. The number of aliphatic hydroxyl groups is 1. The number of alkyl halides is 2. The SMILES string of the molecule is COc1cc(OC2CCN(C)CC2(F)F)c2c(Nc3c(Cl)ccc(OCO)c3C)ncnc2c1. The minimum Gasteiger partial charge on any atom is -0.497 e. The van der Waals surface area contributed by atoms with Crippen molar-refractivity contribution in [1.29, 1.82) is 0 Å². The minimum atomic E-state index is -3.04. The van der Waals surface area contributed by atoms with Crippen molar-refractivity contribution >= 4 is 34.0 Å². The van der Waals surface area contributed by atoms with Gasteiger partial charge in [0.25, 0.3) is 5.92 Å². The smallest absolute Gasteiger partial charge is 0.296 e. The van der Waals surface area contributed by atoms with Crippen molar-refractivity contribution in [2.24, 2.45) is 0 Å². The zero-order valence-electron chi connectivity index (χ0n) is 18.9. The molecule has 8 nitrogen and oxygen atoms in total. The first-order valence-electron chi connectivity index (χ1n) is 10.6. The van der Waals surface area contributed by atoms with Crippen LogP contribution in [-0.4, -0.2) is 66.0 Å². The van der Waals surface area contributed by atoms with Crippen LogP contribution in [0.4, 0.5) is 20.3 Å². The van der Waals surface area contributed by atoms with Gasteiger partial charge in [-0.1, -0.05) is 11.6 Å². The molecule has 182 valence electrons. The van der Waals surface area contributed by atoms with Gasteiger partial charge in [-0.3, -0.25) is 0 Å². The molecule has 1 atom stereocenters. The maximum absolute atomic E-state index is 14.8. The van der Waals surface area contributed by atoms with Gasteiger partial charge in [0.1, 0.15) is 29.4 Å². The quantitative estimate of drug-likeness (QED) is 0.467. The Kier molecular flexibility index (Phi) is 6.92. The average Bonchev–Trinajstić information content (AvgIpc) is 2.79. The second kappa shape index (κ2) is 9.73. The molecular weight excluding hydrogens is 470 g/mol. The van der Waals surface area contributed by atoms with Gasteiger partial charge in [-0.15, -0.1) is 0 Å². The Morgan fingerprint density at radius 1 is 1.26 bits per heavy atom. The Hall–Kier alpha value is -2.95. The van der Waals surface area contributed by atoms with E-state index in [-0.39, 0.29) is 12.2 Å². The van der Waals surface area contributed by atoms with E-state index in [0.29, 0.717) is 51.0 Å². The van der Waals surface area contributed by atoms with Gasteiger partial charge < -0.3 is 29.5 Å². The lowest BCUT2D eigenvalue weighted by Crippen LogP contribution is -2.52. The van der Waals surface area contributed by atoms with Crippen LogP contribution in [0.15, 0.2) is 30.6 Å². The molecule has 1 unspecified atom stereocenters. The lowest BCUT2D eigenvalue weighted by Gasteiger charge is -2.36. The number of halogens is 3. The molecule has 2 aromatic carbocycles. The van der Waals surface area contributed by atoms with Crippen LogP contribution in [0.1, 0.15) is 12.0 Å². The predicted molar refractivity (Wildman–Crippen MR) is 125 cm³/mol. The monoisotopic (exact) mass is 494 g/mol. The van der Waals surface area contributed by atoms with E-state index in [1.807, 2.05) is 0 Å². The Labute approximate surface area is 200 Å². The number of fused-ring (bicyclic) bond motifs is 1. The van der Waals surface area contributed by atoms with Gasteiger partial charge in [-0.25, -0.2) is 18.7 Å². The van der Waals surface area contributed by atoms with Gasteiger partial charge in [0.05, 0.1) is 35.3 Å². The third kappa shape index (κ3) is 4.79. The number of benzene rings is 2. The zero-order chi connectivity index (χ0) is 24.5. The number of aliphatic hydroxyl groups excluding tert-OH is 1. The summed E-state index contributed by atoms with van der Waals surface area (Å²) in [5.41, 5.74) is 1.56.